The summed E-state index contributed by atoms with van der Waals surface area (Å²) in [5.74, 6) is 0.347. The number of hydrogen-bond acceptors (Lipinski definition) is 22. The molecule has 9 N–H and O–H groups in total. The van der Waals surface area contributed by atoms with Crippen LogP contribution < -0.4 is 47.0 Å². The van der Waals surface area contributed by atoms with Crippen molar-refractivity contribution in [2.45, 2.75) is 96.9 Å². The van der Waals surface area contributed by atoms with Crippen LogP contribution in [0, 0.1) is 18.6 Å². The summed E-state index contributed by atoms with van der Waals surface area (Å²) in [6.45, 7) is 18.5. The van der Waals surface area contributed by atoms with Crippen LogP contribution in [-0.4, -0.2) is 182 Å². The zero-order valence-electron chi connectivity index (χ0n) is 63.2. The summed E-state index contributed by atoms with van der Waals surface area (Å²) >= 11 is 0. The van der Waals surface area contributed by atoms with Crippen molar-refractivity contribution in [2.24, 2.45) is 0 Å². The van der Waals surface area contributed by atoms with Crippen LogP contribution in [0.1, 0.15) is 100 Å². The van der Waals surface area contributed by atoms with E-state index in [9.17, 15) is 38.2 Å². The molecule has 0 bridgehead atoms. The number of aryl methyl sites for hydroxylation is 1. The van der Waals surface area contributed by atoms with Crippen LogP contribution >= 0.6 is 0 Å². The number of nitrogens with one attached hydrogen (secondary N) is 7. The molecular weight excluding hydrogens is 1430 g/mol. The molecule has 2 saturated heterocycles. The third-order valence-corrected chi connectivity index (χ3v) is 20.8. The number of hydrogen-bond donors (Lipinski definition) is 9. The fraction of sp³-hybridized carbons (Fsp3) is 0.309. The van der Waals surface area contributed by atoms with Crippen molar-refractivity contribution < 1.29 is 47.6 Å². The zero-order valence-corrected chi connectivity index (χ0v) is 63.2. The van der Waals surface area contributed by atoms with Crippen LogP contribution in [0.2, 0.25) is 0 Å². The SMILES string of the molecule is CC(C)(O)[C@@H]1CN(c2ccc(Nc3ccc(-c4cnc5cnccn45)c4c3C(=O)NC4)nc2)CCO1.CC(C)(O)[C@H]1CN(c2ccc(Nc3cnc(-c4cnc5c(F)cccn45)c4c3C(=O)NC4)nc2)CCO1.Cc1ccn2c(-c3ccc(Nc4ccc(C(C)(C)C(=O)NCCN(C)C)cn4)c4c3CNC4=O)cnc2c1F. The van der Waals surface area contributed by atoms with Crippen molar-refractivity contribution in [3.63, 3.8) is 0 Å². The Morgan fingerprint density at radius 2 is 1.09 bits per heavy atom. The van der Waals surface area contributed by atoms with Gasteiger partial charge in [0.2, 0.25) is 5.91 Å². The number of nitrogens with zero attached hydrogens (tertiary/aromatic N) is 14. The number of aromatic nitrogens is 11. The summed E-state index contributed by atoms with van der Waals surface area (Å²) in [5, 5.41) is 42.1. The number of carbonyl (C=O) groups excluding carboxylic acids is 4. The first-order valence-electron chi connectivity index (χ1n) is 36.8. The molecule has 17 rings (SSSR count). The van der Waals surface area contributed by atoms with Gasteiger partial charge in [-0.1, -0.05) is 18.2 Å². The van der Waals surface area contributed by atoms with E-state index < -0.39 is 22.4 Å². The molecule has 576 valence electrons. The molecule has 0 unspecified atom stereocenters. The predicted octanol–water partition coefficient (Wildman–Crippen LogP) is 9.43. The molecule has 31 heteroatoms. The number of carbonyl (C=O) groups is 4. The largest absolute Gasteiger partial charge is 0.388 e. The number of likely N-dealkylation sites (N-methyl/N-ethyl adjacent to an activating group) is 1. The summed E-state index contributed by atoms with van der Waals surface area (Å²) < 4.78 is 45.5. The number of pyridine rings is 6. The Morgan fingerprint density at radius 1 is 0.562 bits per heavy atom. The number of fused-ring (bicyclic) bond motifs is 6. The third-order valence-electron chi connectivity index (χ3n) is 20.8. The second-order valence-corrected chi connectivity index (χ2v) is 30.0. The number of benzene rings is 2. The fourth-order valence-electron chi connectivity index (χ4n) is 14.4. The van der Waals surface area contributed by atoms with Gasteiger partial charge in [0.05, 0.1) is 141 Å². The van der Waals surface area contributed by atoms with Crippen molar-refractivity contribution in [1.82, 2.24) is 79.2 Å². The van der Waals surface area contributed by atoms with Crippen molar-refractivity contribution >= 4 is 86.5 Å². The third kappa shape index (κ3) is 15.0. The molecule has 12 aromatic rings. The van der Waals surface area contributed by atoms with Crippen LogP contribution in [0.3, 0.4) is 0 Å². The molecule has 0 spiro atoms. The summed E-state index contributed by atoms with van der Waals surface area (Å²) in [4.78, 5) is 92.8. The van der Waals surface area contributed by atoms with E-state index in [1.54, 1.807) is 130 Å². The highest BCUT2D eigenvalue weighted by atomic mass is 19.1. The summed E-state index contributed by atoms with van der Waals surface area (Å²) in [5.41, 5.74) is 12.2. The molecule has 112 heavy (non-hydrogen) atoms. The molecule has 5 aliphatic heterocycles. The second kappa shape index (κ2) is 30.4. The molecular formula is C81H85F2N21O8. The first-order chi connectivity index (χ1) is 53.7. The van der Waals surface area contributed by atoms with Crippen LogP contribution in [0.5, 0.6) is 0 Å². The van der Waals surface area contributed by atoms with Crippen LogP contribution in [-0.2, 0) is 39.3 Å². The van der Waals surface area contributed by atoms with E-state index >= 15 is 0 Å². The molecule has 2 aromatic carbocycles. The van der Waals surface area contributed by atoms with E-state index in [0.717, 1.165) is 63.6 Å². The van der Waals surface area contributed by atoms with E-state index in [4.69, 9.17) is 9.47 Å². The number of ether oxygens (including phenoxy) is 2. The number of halogens is 2. The molecule has 29 nitrogen and oxygen atoms in total. The van der Waals surface area contributed by atoms with Crippen LogP contribution in [0.15, 0.2) is 153 Å². The van der Waals surface area contributed by atoms with Gasteiger partial charge in [-0.2, -0.15) is 0 Å². The lowest BCUT2D eigenvalue weighted by molar-refractivity contribution is -0.125. The van der Waals surface area contributed by atoms with Gasteiger partial charge in [0.15, 0.2) is 28.6 Å². The van der Waals surface area contributed by atoms with Gasteiger partial charge in [0.1, 0.15) is 29.7 Å². The minimum Gasteiger partial charge on any atom is -0.388 e. The summed E-state index contributed by atoms with van der Waals surface area (Å²) in [7, 11) is 3.92. The minimum absolute atomic E-state index is 0.0700. The molecule has 0 saturated carbocycles. The highest BCUT2D eigenvalue weighted by molar-refractivity contribution is 6.08. The average molecular weight is 1520 g/mol. The Hall–Kier alpha value is -12.4. The van der Waals surface area contributed by atoms with Gasteiger partial charge in [0.25, 0.3) is 17.7 Å². The lowest BCUT2D eigenvalue weighted by Gasteiger charge is -2.39. The molecule has 0 aliphatic carbocycles. The minimum atomic E-state index is -0.939. The highest BCUT2D eigenvalue weighted by Crippen LogP contribution is 2.40. The van der Waals surface area contributed by atoms with E-state index in [2.05, 4.69) is 86.9 Å². The van der Waals surface area contributed by atoms with E-state index in [0.29, 0.717) is 138 Å². The molecule has 5 aliphatic rings. The average Bonchev–Trinajstić information content (AvgIpc) is 1.60. The van der Waals surface area contributed by atoms with Crippen molar-refractivity contribution in [1.29, 1.82) is 0 Å². The first-order valence-corrected chi connectivity index (χ1v) is 36.8. The molecule has 2 fully saturated rings. The smallest absolute Gasteiger partial charge is 0.254 e. The van der Waals surface area contributed by atoms with Crippen molar-refractivity contribution in [3.05, 3.63) is 209 Å². The Morgan fingerprint density at radius 3 is 1.65 bits per heavy atom. The van der Waals surface area contributed by atoms with Gasteiger partial charge in [-0.15, -0.1) is 0 Å². The lowest BCUT2D eigenvalue weighted by atomic mass is 9.84. The number of imidazole rings is 3. The normalized spacial score (nSPS) is 16.1. The van der Waals surface area contributed by atoms with E-state index in [1.807, 2.05) is 98.0 Å². The van der Waals surface area contributed by atoms with Crippen molar-refractivity contribution in [2.75, 3.05) is 92.3 Å². The van der Waals surface area contributed by atoms with Gasteiger partial charge in [-0.25, -0.2) is 38.7 Å². The van der Waals surface area contributed by atoms with Crippen molar-refractivity contribution in [3.8, 4) is 33.9 Å². The number of anilines is 8. The quantitative estimate of drug-likeness (QED) is 0.0386. The lowest BCUT2D eigenvalue weighted by Crippen LogP contribution is -2.52. The Kier molecular flexibility index (Phi) is 20.4. The number of morpholine rings is 2. The van der Waals surface area contributed by atoms with Crippen LogP contribution in [0.25, 0.3) is 50.8 Å². The topological polar surface area (TPSA) is 337 Å². The number of amides is 4. The number of aliphatic hydroxyl groups is 2. The maximum absolute atomic E-state index is 14.6. The van der Waals surface area contributed by atoms with Gasteiger partial charge in [-0.3, -0.25) is 42.3 Å². The van der Waals surface area contributed by atoms with E-state index in [1.165, 1.54) is 6.07 Å². The Balaban J connectivity index is 0.000000133. The zero-order chi connectivity index (χ0) is 78.5. The molecule has 10 aromatic heterocycles. The Labute approximate surface area is 642 Å². The highest BCUT2D eigenvalue weighted by Gasteiger charge is 2.37. The molecule has 15 heterocycles. The first kappa shape index (κ1) is 75.0. The van der Waals surface area contributed by atoms with E-state index in [-0.39, 0.29) is 52.9 Å². The monoisotopic (exact) mass is 1520 g/mol. The van der Waals surface area contributed by atoms with Gasteiger partial charge in [0, 0.05) is 107 Å². The molecule has 2 atom stereocenters. The Bertz CT molecular complexity index is 5600. The summed E-state index contributed by atoms with van der Waals surface area (Å²) in [6.07, 6.45) is 20.0. The molecule has 4 amide bonds. The van der Waals surface area contributed by atoms with Gasteiger partial charge in [-0.05, 0) is 145 Å². The van der Waals surface area contributed by atoms with Gasteiger partial charge < -0.3 is 71.6 Å². The van der Waals surface area contributed by atoms with Gasteiger partial charge >= 0.3 is 0 Å². The van der Waals surface area contributed by atoms with Crippen LogP contribution in [0.4, 0.5) is 54.7 Å². The predicted molar refractivity (Wildman–Crippen MR) is 419 cm³/mol. The maximum Gasteiger partial charge on any atom is 0.254 e. The second-order valence-electron chi connectivity index (χ2n) is 30.0. The standard InChI is InChI=1S/C29H32FN7O2.C26H26FN7O3.C26H27N7O3/c1-17-10-12-37-22(16-33-26(37)25(17)30)19-7-8-21(24-20(19)15-34-27(24)38)35-23-9-6-18(14-32-23)29(2,3)28(39)31-11-13-36(4)5;1-26(2,36)20-14-33(8-9-37-20)15-5-6-21(28-10-15)32-18-12-29-23(16-11-31-25(35)22(16)18)19-13-30-24-17(27)4-3-7-34(19)24;1-26(2,35)21-15-32(9-10-36-21)16-3-6-22(28-11-16)31-19-5-4-17(18-12-30-25(34)24(18)19)20-13-29-23-14-27-7-8-33(20)23/h6-10,12,14,16H,11,13,15H2,1-5H3,(H,31,39)(H,32,35)(H,34,38);3-7,10,12-13,20,36H,8-9,11,14H2,1-2H3,(H,28,32)(H,31,35);3-8,11,13-14,21,35H,9-10,12,15H2,1-2H3,(H,28,31)(H,30,34)/t;20-;21-/m.10/s1. The molecule has 0 radical (unpaired) electrons. The number of rotatable bonds is 18. The maximum atomic E-state index is 14.6. The summed E-state index contributed by atoms with van der Waals surface area (Å²) in [6, 6.07) is 23.6. The fourth-order valence-corrected chi connectivity index (χ4v) is 14.4.